The Labute approximate surface area is 177 Å². The Bertz CT molecular complexity index is 935. The van der Waals surface area contributed by atoms with Crippen LogP contribution in [-0.2, 0) is 26.5 Å². The maximum absolute atomic E-state index is 14.6. The van der Waals surface area contributed by atoms with E-state index in [1.165, 1.54) is 27.4 Å². The lowest BCUT2D eigenvalue weighted by molar-refractivity contribution is 0.197. The molecule has 1 fully saturated rings. The summed E-state index contributed by atoms with van der Waals surface area (Å²) in [5.41, 5.74) is 0.134. The van der Waals surface area contributed by atoms with Crippen molar-refractivity contribution in [3.05, 3.63) is 63.9 Å². The van der Waals surface area contributed by atoms with E-state index in [0.717, 1.165) is 0 Å². The third-order valence-electron chi connectivity index (χ3n) is 4.48. The number of halogens is 5. The number of alkyl halides is 2. The monoisotopic (exact) mass is 487 g/mol. The van der Waals surface area contributed by atoms with Gasteiger partial charge in [-0.3, -0.25) is 4.21 Å². The fourth-order valence-corrected chi connectivity index (χ4v) is 6.18. The molecule has 152 valence electrons. The van der Waals surface area contributed by atoms with E-state index in [9.17, 15) is 21.6 Å². The fourth-order valence-electron chi connectivity index (χ4n) is 3.15. The van der Waals surface area contributed by atoms with Crippen LogP contribution in [0.5, 0.6) is 0 Å². The minimum Gasteiger partial charge on any atom is -0.253 e. The number of hydrogen-bond donors (Lipinski definition) is 1. The molecule has 1 aliphatic carbocycles. The van der Waals surface area contributed by atoms with E-state index in [1.54, 1.807) is 24.3 Å². The highest BCUT2D eigenvalue weighted by molar-refractivity contribution is 7.88. The van der Waals surface area contributed by atoms with Gasteiger partial charge < -0.3 is 0 Å². The number of nitrogens with one attached hydrogen (secondary N) is 1. The summed E-state index contributed by atoms with van der Waals surface area (Å²) in [5, 5.41) is 0.718. The van der Waals surface area contributed by atoms with Crippen molar-refractivity contribution in [3.63, 3.8) is 0 Å². The van der Waals surface area contributed by atoms with E-state index in [4.69, 9.17) is 23.2 Å². The van der Waals surface area contributed by atoms with Crippen LogP contribution in [0.1, 0.15) is 18.4 Å². The Morgan fingerprint density at radius 1 is 1.07 bits per heavy atom. The molecule has 2 aromatic rings. The van der Waals surface area contributed by atoms with E-state index in [2.05, 4.69) is 4.72 Å². The second kappa shape index (κ2) is 8.32. The first kappa shape index (κ1) is 22.2. The van der Waals surface area contributed by atoms with Crippen LogP contribution >= 0.6 is 32.4 Å². The van der Waals surface area contributed by atoms with Gasteiger partial charge in [0.1, 0.15) is 5.82 Å². The molecule has 1 aliphatic rings. The largest absolute Gasteiger partial charge is 0.344 e. The Morgan fingerprint density at radius 2 is 1.64 bits per heavy atom. The SMILES string of the molecule is O=S(NC1CC(c2cc(Cl)ccc2F)(S(=O)c2ccc(Cl)cc2)C1)C(F)(F)P. The standard InChI is InChI=1S/C17H15Cl2F3NO2PS2/c18-10-1-4-13(5-2-10)27(24)16(14-7-11(19)3-6-15(14)20)8-12(9-16)23-28(25)17(21,22)26/h1-7,12,23H,8-9,26H2. The summed E-state index contributed by atoms with van der Waals surface area (Å²) in [6, 6.07) is 9.58. The summed E-state index contributed by atoms with van der Waals surface area (Å²) < 4.78 is 67.1. The molecule has 3 nitrogen and oxygen atoms in total. The van der Waals surface area contributed by atoms with E-state index in [0.29, 0.717) is 9.92 Å². The van der Waals surface area contributed by atoms with Gasteiger partial charge in [0.05, 0.1) is 15.5 Å². The minimum absolute atomic E-state index is 0.0476. The fraction of sp³-hybridized carbons (Fsp3) is 0.294. The van der Waals surface area contributed by atoms with E-state index in [1.807, 2.05) is 0 Å². The van der Waals surface area contributed by atoms with Gasteiger partial charge in [-0.2, -0.15) is 8.78 Å². The molecule has 0 aliphatic heterocycles. The van der Waals surface area contributed by atoms with Crippen LogP contribution in [-0.4, -0.2) is 19.5 Å². The lowest BCUT2D eigenvalue weighted by Crippen LogP contribution is -2.55. The van der Waals surface area contributed by atoms with Crippen LogP contribution in [0.25, 0.3) is 0 Å². The Hall–Kier alpha value is -0.500. The van der Waals surface area contributed by atoms with Gasteiger partial charge in [-0.25, -0.2) is 13.3 Å². The highest BCUT2D eigenvalue weighted by Gasteiger charge is 2.53. The first-order valence-corrected chi connectivity index (χ1v) is 11.6. The van der Waals surface area contributed by atoms with Crippen molar-refractivity contribution in [2.24, 2.45) is 0 Å². The van der Waals surface area contributed by atoms with Crippen LogP contribution in [0.2, 0.25) is 10.0 Å². The van der Waals surface area contributed by atoms with Crippen molar-refractivity contribution in [1.29, 1.82) is 0 Å². The summed E-state index contributed by atoms with van der Waals surface area (Å²) in [6.45, 7) is 0. The highest BCUT2D eigenvalue weighted by Crippen LogP contribution is 2.50. The molecule has 1 saturated carbocycles. The molecule has 11 heteroatoms. The molecular weight excluding hydrogens is 473 g/mol. The van der Waals surface area contributed by atoms with E-state index < -0.39 is 43.4 Å². The zero-order valence-corrected chi connectivity index (χ0v) is 18.4. The van der Waals surface area contributed by atoms with Gasteiger partial charge in [0, 0.05) is 26.5 Å². The minimum atomic E-state index is -3.51. The molecule has 1 N–H and O–H groups in total. The molecule has 2 aromatic carbocycles. The summed E-state index contributed by atoms with van der Waals surface area (Å²) in [4.78, 5) is -3.09. The molecule has 0 radical (unpaired) electrons. The van der Waals surface area contributed by atoms with Crippen LogP contribution in [0.3, 0.4) is 0 Å². The van der Waals surface area contributed by atoms with Gasteiger partial charge in [-0.05, 0) is 64.5 Å². The van der Waals surface area contributed by atoms with Crippen molar-refractivity contribution in [1.82, 2.24) is 4.72 Å². The topological polar surface area (TPSA) is 46.2 Å². The predicted octanol–water partition coefficient (Wildman–Crippen LogP) is 4.98. The molecule has 3 rings (SSSR count). The first-order chi connectivity index (χ1) is 13.0. The molecule has 0 saturated heterocycles. The molecular formula is C17H15Cl2F3NO2PS2. The molecule has 28 heavy (non-hydrogen) atoms. The van der Waals surface area contributed by atoms with Crippen molar-refractivity contribution in [2.75, 3.05) is 0 Å². The van der Waals surface area contributed by atoms with E-state index in [-0.39, 0.29) is 23.4 Å². The van der Waals surface area contributed by atoms with Crippen LogP contribution in [0.15, 0.2) is 47.4 Å². The van der Waals surface area contributed by atoms with Crippen molar-refractivity contribution in [3.8, 4) is 0 Å². The second-order valence-corrected chi connectivity index (χ2v) is 11.5. The number of rotatable bonds is 6. The Morgan fingerprint density at radius 3 is 2.21 bits per heavy atom. The molecule has 0 aromatic heterocycles. The average Bonchev–Trinajstić information content (AvgIpc) is 2.59. The molecule has 3 unspecified atom stereocenters. The Balaban J connectivity index is 1.95. The highest BCUT2D eigenvalue weighted by atomic mass is 35.5. The van der Waals surface area contributed by atoms with Gasteiger partial charge in [0.2, 0.25) is 0 Å². The molecule has 0 amide bonds. The van der Waals surface area contributed by atoms with Crippen LogP contribution < -0.4 is 4.72 Å². The zero-order chi connectivity index (χ0) is 20.7. The third-order valence-corrected chi connectivity index (χ3v) is 8.61. The second-order valence-electron chi connectivity index (χ2n) is 6.39. The molecule has 3 atom stereocenters. The summed E-state index contributed by atoms with van der Waals surface area (Å²) >= 11 is 11.9. The third kappa shape index (κ3) is 4.47. The molecule has 0 spiro atoms. The van der Waals surface area contributed by atoms with Crippen molar-refractivity contribution < 1.29 is 21.6 Å². The zero-order valence-electron chi connectivity index (χ0n) is 14.1. The van der Waals surface area contributed by atoms with Crippen LogP contribution in [0.4, 0.5) is 13.2 Å². The number of hydrogen-bond acceptors (Lipinski definition) is 2. The van der Waals surface area contributed by atoms with Crippen molar-refractivity contribution >= 4 is 54.2 Å². The lowest BCUT2D eigenvalue weighted by atomic mass is 9.75. The van der Waals surface area contributed by atoms with E-state index >= 15 is 0 Å². The summed E-state index contributed by atoms with van der Waals surface area (Å²) in [6.07, 6.45) is 0.0952. The molecule has 0 bridgehead atoms. The van der Waals surface area contributed by atoms with Crippen molar-refractivity contribution in [2.45, 2.75) is 33.5 Å². The average molecular weight is 488 g/mol. The maximum atomic E-state index is 14.6. The summed E-state index contributed by atoms with van der Waals surface area (Å²) in [5.74, 6) is -0.595. The molecule has 0 heterocycles. The maximum Gasteiger partial charge on any atom is 0.344 e. The number of benzene rings is 2. The normalized spacial score (nSPS) is 24.4. The van der Waals surface area contributed by atoms with Gasteiger partial charge in [0.15, 0.2) is 11.0 Å². The Kier molecular flexibility index (Phi) is 6.60. The quantitative estimate of drug-likeness (QED) is 0.584. The van der Waals surface area contributed by atoms with Crippen LogP contribution in [0, 0.1) is 5.82 Å². The first-order valence-electron chi connectivity index (χ1n) is 8.01. The van der Waals surface area contributed by atoms with Gasteiger partial charge in [-0.15, -0.1) is 0 Å². The smallest absolute Gasteiger partial charge is 0.253 e. The van der Waals surface area contributed by atoms with Gasteiger partial charge >= 0.3 is 5.00 Å². The van der Waals surface area contributed by atoms with Gasteiger partial charge in [-0.1, -0.05) is 23.2 Å². The van der Waals surface area contributed by atoms with Gasteiger partial charge in [0.25, 0.3) is 0 Å². The lowest BCUT2D eigenvalue weighted by Gasteiger charge is -2.47. The predicted molar refractivity (Wildman–Crippen MR) is 110 cm³/mol. The summed E-state index contributed by atoms with van der Waals surface area (Å²) in [7, 11) is -3.14.